The van der Waals surface area contributed by atoms with Crippen molar-refractivity contribution in [3.8, 4) is 0 Å². The Labute approximate surface area is 248 Å². The van der Waals surface area contributed by atoms with Crippen LogP contribution in [-0.4, -0.2) is 8.41 Å². The van der Waals surface area contributed by atoms with Gasteiger partial charge in [-0.25, -0.2) is 0 Å². The van der Waals surface area contributed by atoms with E-state index in [1.807, 2.05) is 0 Å². The minimum Gasteiger partial charge on any atom is -0.0622 e. The van der Waals surface area contributed by atoms with Crippen LogP contribution in [0.4, 0.5) is 0 Å². The molecule has 0 nitrogen and oxygen atoms in total. The third-order valence-corrected chi connectivity index (χ3v) is 10.1. The van der Waals surface area contributed by atoms with Crippen molar-refractivity contribution in [1.29, 1.82) is 0 Å². The van der Waals surface area contributed by atoms with Gasteiger partial charge in [0.2, 0.25) is 0 Å². The molecule has 2 heteroatoms. The van der Waals surface area contributed by atoms with E-state index in [0.717, 1.165) is 0 Å². The summed E-state index contributed by atoms with van der Waals surface area (Å²) in [6.07, 6.45) is 0. The van der Waals surface area contributed by atoms with Crippen molar-refractivity contribution in [1.82, 2.24) is 0 Å². The van der Waals surface area contributed by atoms with Crippen molar-refractivity contribution in [2.75, 3.05) is 0 Å². The molecule has 0 saturated carbocycles. The van der Waals surface area contributed by atoms with Gasteiger partial charge >= 0.3 is 0 Å². The largest absolute Gasteiger partial charge is 0.0701 e. The van der Waals surface area contributed by atoms with Gasteiger partial charge in [-0.05, 0) is 66.0 Å². The zero-order valence-corrected chi connectivity index (χ0v) is 24.5. The van der Waals surface area contributed by atoms with E-state index in [-0.39, 0.29) is 8.41 Å². The SMILES string of the molecule is Cc1cccc(P(c2cccc(C)c2)c2cccc(C(c3ccccc3)(c3ccccc3)c3ccccc3)c2)c1.[B]. The molecule has 6 rings (SSSR count). The lowest BCUT2D eigenvalue weighted by atomic mass is 9.65. The van der Waals surface area contributed by atoms with Crippen LogP contribution in [0.2, 0.25) is 0 Å². The molecule has 0 fully saturated rings. The van der Waals surface area contributed by atoms with Gasteiger partial charge in [0, 0.05) is 8.41 Å². The summed E-state index contributed by atoms with van der Waals surface area (Å²) in [6, 6.07) is 60.4. The molecule has 0 aliphatic rings. The van der Waals surface area contributed by atoms with Gasteiger partial charge in [-0.3, -0.25) is 0 Å². The predicted molar refractivity (Wildman–Crippen MR) is 179 cm³/mol. The topological polar surface area (TPSA) is 0 Å². The molecule has 0 aromatic heterocycles. The van der Waals surface area contributed by atoms with Crippen LogP contribution in [0.25, 0.3) is 0 Å². The second-order valence-electron chi connectivity index (χ2n) is 10.4. The molecule has 6 aromatic carbocycles. The van der Waals surface area contributed by atoms with E-state index in [2.05, 4.69) is 178 Å². The summed E-state index contributed by atoms with van der Waals surface area (Å²) in [7, 11) is -0.748. The summed E-state index contributed by atoms with van der Waals surface area (Å²) < 4.78 is 0. The van der Waals surface area contributed by atoms with Crippen LogP contribution < -0.4 is 15.9 Å². The lowest BCUT2D eigenvalue weighted by molar-refractivity contribution is 0.746. The summed E-state index contributed by atoms with van der Waals surface area (Å²) in [5, 5.41) is 4.11. The van der Waals surface area contributed by atoms with E-state index in [9.17, 15) is 0 Å². The first kappa shape index (κ1) is 28.3. The van der Waals surface area contributed by atoms with Gasteiger partial charge in [-0.1, -0.05) is 169 Å². The average molecular weight is 543 g/mol. The first-order chi connectivity index (χ1) is 19.7. The minimum atomic E-state index is -0.748. The maximum atomic E-state index is 2.48. The Morgan fingerprint density at radius 3 is 1.10 bits per heavy atom. The van der Waals surface area contributed by atoms with Gasteiger partial charge in [0.1, 0.15) is 0 Å². The number of benzene rings is 6. The van der Waals surface area contributed by atoms with Crippen molar-refractivity contribution >= 4 is 32.2 Å². The molecule has 0 atom stereocenters. The molecular weight excluding hydrogens is 510 g/mol. The maximum absolute atomic E-state index is 2.48. The second kappa shape index (κ2) is 12.5. The summed E-state index contributed by atoms with van der Waals surface area (Å²) in [5.41, 5.74) is 7.20. The third kappa shape index (κ3) is 5.56. The Hall–Kier alpha value is -4.19. The zero-order chi connectivity index (χ0) is 27.4. The molecule has 197 valence electrons. The maximum Gasteiger partial charge on any atom is 0.0701 e. The van der Waals surface area contributed by atoms with Crippen LogP contribution in [0.5, 0.6) is 0 Å². The lowest BCUT2D eigenvalue weighted by Gasteiger charge is -2.37. The van der Waals surface area contributed by atoms with Crippen molar-refractivity contribution < 1.29 is 0 Å². The molecule has 0 amide bonds. The summed E-state index contributed by atoms with van der Waals surface area (Å²) in [4.78, 5) is 0. The Kier molecular flexibility index (Phi) is 8.68. The normalized spacial score (nSPS) is 11.2. The highest BCUT2D eigenvalue weighted by atomic mass is 31.1. The standard InChI is InChI=1S/C39H33P.B/c1-30-15-12-24-36(27-30)40(37-25-13-16-31(2)28-37)38-26-14-23-35(29-38)39(32-17-6-3-7-18-32,33-19-8-4-9-20-33)34-21-10-5-11-22-34;/h3-29H,1-2H3;. The smallest absolute Gasteiger partial charge is 0.0622 e. The quantitative estimate of drug-likeness (QED) is 0.109. The molecule has 0 aliphatic carbocycles. The van der Waals surface area contributed by atoms with Crippen molar-refractivity contribution in [2.24, 2.45) is 0 Å². The first-order valence-corrected chi connectivity index (χ1v) is 15.2. The lowest BCUT2D eigenvalue weighted by Crippen LogP contribution is -2.32. The van der Waals surface area contributed by atoms with Gasteiger partial charge in [0.25, 0.3) is 0 Å². The van der Waals surface area contributed by atoms with Crippen LogP contribution in [0.1, 0.15) is 33.4 Å². The number of aryl methyl sites for hydroxylation is 2. The summed E-state index contributed by atoms with van der Waals surface area (Å²) >= 11 is 0. The molecule has 0 N–H and O–H groups in total. The van der Waals surface area contributed by atoms with Crippen LogP contribution in [0, 0.1) is 13.8 Å². The monoisotopic (exact) mass is 543 g/mol. The molecular formula is C39H33BP. The van der Waals surface area contributed by atoms with Crippen molar-refractivity contribution in [3.63, 3.8) is 0 Å². The fourth-order valence-corrected chi connectivity index (χ4v) is 8.46. The minimum absolute atomic E-state index is 0. The van der Waals surface area contributed by atoms with E-state index in [4.69, 9.17) is 0 Å². The Bertz CT molecular complexity index is 1570. The van der Waals surface area contributed by atoms with Gasteiger partial charge < -0.3 is 0 Å². The summed E-state index contributed by atoms with van der Waals surface area (Å²) in [6.45, 7) is 4.38. The molecule has 0 spiro atoms. The highest BCUT2D eigenvalue weighted by molar-refractivity contribution is 7.79. The first-order valence-electron chi connectivity index (χ1n) is 13.9. The van der Waals surface area contributed by atoms with E-state index in [1.165, 1.54) is 49.3 Å². The van der Waals surface area contributed by atoms with Crippen molar-refractivity contribution in [3.05, 3.63) is 197 Å². The Balaban J connectivity index is 0.00000337. The fourth-order valence-electron chi connectivity index (χ4n) is 5.92. The zero-order valence-electron chi connectivity index (χ0n) is 23.6. The summed E-state index contributed by atoms with van der Waals surface area (Å²) in [5.74, 6) is 0. The molecule has 3 radical (unpaired) electrons. The van der Waals surface area contributed by atoms with Gasteiger partial charge in [-0.15, -0.1) is 0 Å². The van der Waals surface area contributed by atoms with Gasteiger partial charge in [-0.2, -0.15) is 0 Å². The van der Waals surface area contributed by atoms with E-state index >= 15 is 0 Å². The molecule has 0 bridgehead atoms. The Morgan fingerprint density at radius 1 is 0.366 bits per heavy atom. The van der Waals surface area contributed by atoms with Gasteiger partial charge in [0.15, 0.2) is 0 Å². The van der Waals surface area contributed by atoms with Crippen molar-refractivity contribution in [2.45, 2.75) is 19.3 Å². The highest BCUT2D eigenvalue weighted by Crippen LogP contribution is 2.45. The number of rotatable bonds is 7. The molecule has 41 heavy (non-hydrogen) atoms. The van der Waals surface area contributed by atoms with Crippen LogP contribution in [-0.2, 0) is 5.41 Å². The average Bonchev–Trinajstić information content (AvgIpc) is 3.00. The molecule has 6 aromatic rings. The second-order valence-corrected chi connectivity index (χ2v) is 12.6. The Morgan fingerprint density at radius 2 is 0.707 bits per heavy atom. The number of hydrogen-bond donors (Lipinski definition) is 0. The third-order valence-electron chi connectivity index (χ3n) is 7.68. The van der Waals surface area contributed by atoms with Gasteiger partial charge in [0.05, 0.1) is 5.41 Å². The molecule has 0 heterocycles. The van der Waals surface area contributed by atoms with E-state index in [0.29, 0.717) is 0 Å². The highest BCUT2D eigenvalue weighted by Gasteiger charge is 2.38. The molecule has 0 aliphatic heterocycles. The van der Waals surface area contributed by atoms with Crippen LogP contribution in [0.3, 0.4) is 0 Å². The number of hydrogen-bond acceptors (Lipinski definition) is 0. The fraction of sp³-hybridized carbons (Fsp3) is 0.0769. The molecule has 0 unspecified atom stereocenters. The van der Waals surface area contributed by atoms with E-state index < -0.39 is 13.3 Å². The predicted octanol–water partition coefficient (Wildman–Crippen LogP) is 8.06. The van der Waals surface area contributed by atoms with Crippen LogP contribution in [0.15, 0.2) is 164 Å². The van der Waals surface area contributed by atoms with E-state index in [1.54, 1.807) is 0 Å². The van der Waals surface area contributed by atoms with Crippen LogP contribution >= 0.6 is 7.92 Å². The molecule has 0 saturated heterocycles.